The topological polar surface area (TPSA) is 111 Å². The predicted octanol–water partition coefficient (Wildman–Crippen LogP) is 23.5. The minimum Gasteiger partial charge on any atom is -0.456 e. The molecule has 3 unspecified atom stereocenters. The summed E-state index contributed by atoms with van der Waals surface area (Å²) in [6.07, 6.45) is 76.7. The number of quaternary nitrogens is 1. The summed E-state index contributed by atoms with van der Waals surface area (Å²) < 4.78 is 30.9. The molecule has 10 heteroatoms. The molecule has 0 aromatic heterocycles. The van der Waals surface area contributed by atoms with E-state index in [0.717, 1.165) is 57.8 Å². The van der Waals surface area contributed by atoms with Gasteiger partial charge in [-0.3, -0.25) is 18.6 Å². The van der Waals surface area contributed by atoms with Crippen molar-refractivity contribution >= 4 is 19.7 Å². The van der Waals surface area contributed by atoms with E-state index >= 15 is 0 Å². The van der Waals surface area contributed by atoms with Crippen LogP contribution in [0.3, 0.4) is 0 Å². The molecule has 0 aromatic carbocycles. The summed E-state index contributed by atoms with van der Waals surface area (Å²) in [5, 5.41) is 3.08. The molecule has 0 rings (SSSR count). The van der Waals surface area contributed by atoms with Gasteiger partial charge in [-0.05, 0) is 31.8 Å². The van der Waals surface area contributed by atoms with Crippen LogP contribution in [0.15, 0.2) is 12.2 Å². The van der Waals surface area contributed by atoms with Crippen molar-refractivity contribution in [1.29, 1.82) is 0 Å². The quantitative estimate of drug-likeness (QED) is 0.0205. The standard InChI is InChI=1S/C73H145N2O7P/c1-7-10-13-16-19-22-25-27-29-31-33-35-37-39-41-43-45-47-50-53-56-59-62-65-72(76)74-70(69-81-83(78,79)80-68-67-75(4,5)6)71(64-61-58-55-52-49-24-21-18-15-12-9-3)82-73(77)66-63-60-57-54-51-48-46-44-42-40-38-36-34-32-30-28-26-23-20-17-14-11-8-2/h61,64,70-71H,7-60,62-63,65-69H2,1-6H3,(H-,74,76,78,79)/p+1/b64-61+. The van der Waals surface area contributed by atoms with E-state index in [1.807, 2.05) is 27.2 Å². The number of phosphoric acid groups is 1. The first-order valence-electron chi connectivity index (χ1n) is 37.0. The van der Waals surface area contributed by atoms with Crippen LogP contribution in [0.1, 0.15) is 393 Å². The number of phosphoric ester groups is 1. The maximum Gasteiger partial charge on any atom is 0.472 e. The molecular formula is C73H146N2O7P+. The van der Waals surface area contributed by atoms with E-state index in [1.54, 1.807) is 0 Å². The molecule has 0 bridgehead atoms. The Balaban J connectivity index is 4.93. The molecule has 494 valence electrons. The van der Waals surface area contributed by atoms with Gasteiger partial charge in [0.15, 0.2) is 0 Å². The van der Waals surface area contributed by atoms with Crippen LogP contribution in [-0.4, -0.2) is 74.3 Å². The fourth-order valence-electron chi connectivity index (χ4n) is 11.5. The van der Waals surface area contributed by atoms with Crippen molar-refractivity contribution in [2.24, 2.45) is 0 Å². The van der Waals surface area contributed by atoms with Crippen LogP contribution in [0.4, 0.5) is 0 Å². The van der Waals surface area contributed by atoms with Gasteiger partial charge in [-0.15, -0.1) is 0 Å². The van der Waals surface area contributed by atoms with Gasteiger partial charge in [0.1, 0.15) is 19.3 Å². The number of hydrogen-bond acceptors (Lipinski definition) is 6. The fraction of sp³-hybridized carbons (Fsp3) is 0.945. The Hall–Kier alpha value is -1.25. The largest absolute Gasteiger partial charge is 0.472 e. The fourth-order valence-corrected chi connectivity index (χ4v) is 12.3. The van der Waals surface area contributed by atoms with Gasteiger partial charge >= 0.3 is 13.8 Å². The number of carbonyl (C=O) groups excluding carboxylic acids is 2. The van der Waals surface area contributed by atoms with Crippen LogP contribution in [0.5, 0.6) is 0 Å². The Morgan fingerprint density at radius 2 is 0.687 bits per heavy atom. The molecule has 83 heavy (non-hydrogen) atoms. The number of nitrogens with zero attached hydrogens (tertiary/aromatic N) is 1. The summed E-state index contributed by atoms with van der Waals surface area (Å²) in [6.45, 7) is 7.10. The molecule has 1 amide bonds. The van der Waals surface area contributed by atoms with Crippen molar-refractivity contribution in [3.05, 3.63) is 12.2 Å². The maximum atomic E-state index is 13.6. The SMILES string of the molecule is CCCCCCCCCCC/C=C/C(OC(=O)CCCCCCCCCCCCCCCCCCCCCCCCC)C(COP(=O)(O)OCC[N+](C)(C)C)NC(=O)CCCCCCCCCCCCCCCCCCCCCCCCC. The average molecular weight is 1190 g/mol. The lowest BCUT2D eigenvalue weighted by molar-refractivity contribution is -0.870. The number of carbonyl (C=O) groups is 2. The summed E-state index contributed by atoms with van der Waals surface area (Å²) in [6, 6.07) is -0.841. The van der Waals surface area contributed by atoms with Gasteiger partial charge in [-0.25, -0.2) is 4.57 Å². The first kappa shape index (κ1) is 81.8. The minimum atomic E-state index is -4.45. The first-order chi connectivity index (χ1) is 40.4. The second-order valence-electron chi connectivity index (χ2n) is 26.8. The Labute approximate surface area is 518 Å². The zero-order valence-corrected chi connectivity index (χ0v) is 57.6. The van der Waals surface area contributed by atoms with Crippen molar-refractivity contribution < 1.29 is 37.3 Å². The highest BCUT2D eigenvalue weighted by Gasteiger charge is 2.30. The highest BCUT2D eigenvalue weighted by Crippen LogP contribution is 2.43. The van der Waals surface area contributed by atoms with Crippen molar-refractivity contribution in [2.45, 2.75) is 405 Å². The van der Waals surface area contributed by atoms with Crippen LogP contribution in [0.25, 0.3) is 0 Å². The van der Waals surface area contributed by atoms with Gasteiger partial charge in [0.2, 0.25) is 5.91 Å². The zero-order valence-electron chi connectivity index (χ0n) is 56.7. The number of rotatable bonds is 69. The Morgan fingerprint density at radius 1 is 0.410 bits per heavy atom. The highest BCUT2D eigenvalue weighted by molar-refractivity contribution is 7.47. The summed E-state index contributed by atoms with van der Waals surface area (Å²) in [5.74, 6) is -0.476. The summed E-state index contributed by atoms with van der Waals surface area (Å²) in [7, 11) is 1.52. The molecule has 0 radical (unpaired) electrons. The van der Waals surface area contributed by atoms with Gasteiger partial charge < -0.3 is 19.4 Å². The monoisotopic (exact) mass is 1190 g/mol. The van der Waals surface area contributed by atoms with E-state index in [0.29, 0.717) is 23.9 Å². The summed E-state index contributed by atoms with van der Waals surface area (Å²) in [5.41, 5.74) is 0. The molecule has 0 aromatic rings. The van der Waals surface area contributed by atoms with Crippen LogP contribution in [0, 0.1) is 0 Å². The van der Waals surface area contributed by atoms with Crippen LogP contribution >= 0.6 is 7.82 Å². The van der Waals surface area contributed by atoms with E-state index in [1.165, 1.54) is 302 Å². The van der Waals surface area contributed by atoms with Crippen LogP contribution in [-0.2, 0) is 27.9 Å². The second-order valence-corrected chi connectivity index (χ2v) is 28.3. The number of esters is 1. The minimum absolute atomic E-state index is 0.0461. The number of amides is 1. The molecule has 9 nitrogen and oxygen atoms in total. The van der Waals surface area contributed by atoms with Gasteiger partial charge in [0, 0.05) is 12.8 Å². The first-order valence-corrected chi connectivity index (χ1v) is 38.5. The number of allylic oxidation sites excluding steroid dienone is 1. The highest BCUT2D eigenvalue weighted by atomic mass is 31.2. The Morgan fingerprint density at radius 3 is 0.988 bits per heavy atom. The Bertz CT molecular complexity index is 1420. The van der Waals surface area contributed by atoms with Crippen LogP contribution in [0.2, 0.25) is 0 Å². The van der Waals surface area contributed by atoms with E-state index in [2.05, 4.69) is 32.2 Å². The smallest absolute Gasteiger partial charge is 0.456 e. The molecule has 0 aliphatic heterocycles. The van der Waals surface area contributed by atoms with Crippen molar-refractivity contribution in [1.82, 2.24) is 5.32 Å². The summed E-state index contributed by atoms with van der Waals surface area (Å²) in [4.78, 5) is 37.9. The molecule has 2 N–H and O–H groups in total. The number of likely N-dealkylation sites (N-methyl/N-ethyl adjacent to an activating group) is 1. The van der Waals surface area contributed by atoms with Gasteiger partial charge in [0.25, 0.3) is 0 Å². The number of unbranched alkanes of at least 4 members (excludes halogenated alkanes) is 53. The number of ether oxygens (including phenoxy) is 1. The van der Waals surface area contributed by atoms with Gasteiger partial charge in [-0.2, -0.15) is 0 Å². The van der Waals surface area contributed by atoms with Gasteiger partial charge in [-0.1, -0.05) is 361 Å². The lowest BCUT2D eigenvalue weighted by atomic mass is 10.0. The van der Waals surface area contributed by atoms with Crippen molar-refractivity contribution in [3.8, 4) is 0 Å². The Kier molecular flexibility index (Phi) is 62.8. The molecule has 0 aliphatic carbocycles. The third-order valence-electron chi connectivity index (χ3n) is 17.2. The molecule has 3 atom stereocenters. The van der Waals surface area contributed by atoms with E-state index in [4.69, 9.17) is 13.8 Å². The second kappa shape index (κ2) is 63.8. The maximum absolute atomic E-state index is 13.6. The van der Waals surface area contributed by atoms with E-state index in [-0.39, 0.29) is 25.1 Å². The molecule has 0 aliphatic rings. The lowest BCUT2D eigenvalue weighted by Crippen LogP contribution is -2.47. The lowest BCUT2D eigenvalue weighted by Gasteiger charge is -2.27. The van der Waals surface area contributed by atoms with Crippen molar-refractivity contribution in [2.75, 3.05) is 40.9 Å². The summed E-state index contributed by atoms with van der Waals surface area (Å²) >= 11 is 0. The third-order valence-corrected chi connectivity index (χ3v) is 18.2. The number of nitrogens with one attached hydrogen (secondary N) is 1. The predicted molar refractivity (Wildman–Crippen MR) is 360 cm³/mol. The zero-order chi connectivity index (χ0) is 60.7. The van der Waals surface area contributed by atoms with E-state index < -0.39 is 20.0 Å². The number of hydrogen-bond donors (Lipinski definition) is 2. The third kappa shape index (κ3) is 65.0. The average Bonchev–Trinajstić information content (AvgIpc) is 3.51. The molecule has 0 spiro atoms. The normalized spacial score (nSPS) is 13.5. The molecule has 0 saturated heterocycles. The molecule has 0 fully saturated rings. The molecule has 0 saturated carbocycles. The van der Waals surface area contributed by atoms with Gasteiger partial charge in [0.05, 0.1) is 33.8 Å². The molecular weight excluding hydrogens is 1050 g/mol. The molecule has 0 heterocycles. The van der Waals surface area contributed by atoms with Crippen molar-refractivity contribution in [3.63, 3.8) is 0 Å². The van der Waals surface area contributed by atoms with Crippen LogP contribution < -0.4 is 5.32 Å². The van der Waals surface area contributed by atoms with E-state index in [9.17, 15) is 19.0 Å².